The molecule has 6 heteroatoms. The zero-order valence-corrected chi connectivity index (χ0v) is 10.6. The van der Waals surface area contributed by atoms with Gasteiger partial charge in [-0.1, -0.05) is 23.2 Å². The lowest BCUT2D eigenvalue weighted by Gasteiger charge is -2.08. The predicted molar refractivity (Wildman–Crippen MR) is 67.0 cm³/mol. The summed E-state index contributed by atoms with van der Waals surface area (Å²) in [5.41, 5.74) is 0.659. The van der Waals surface area contributed by atoms with Crippen molar-refractivity contribution in [3.8, 4) is 0 Å². The van der Waals surface area contributed by atoms with E-state index in [1.165, 1.54) is 12.1 Å². The van der Waals surface area contributed by atoms with Crippen molar-refractivity contribution in [1.29, 1.82) is 0 Å². The first-order valence-electron chi connectivity index (χ1n) is 4.93. The minimum absolute atomic E-state index is 0.338. The van der Waals surface area contributed by atoms with Gasteiger partial charge in [0, 0.05) is 7.05 Å². The Morgan fingerprint density at radius 1 is 1.41 bits per heavy atom. The van der Waals surface area contributed by atoms with Crippen molar-refractivity contribution in [2.45, 2.75) is 6.54 Å². The van der Waals surface area contributed by atoms with Gasteiger partial charge in [0.1, 0.15) is 16.8 Å². The highest BCUT2D eigenvalue weighted by Gasteiger charge is 2.06. The summed E-state index contributed by atoms with van der Waals surface area (Å²) in [5, 5.41) is 3.97. The summed E-state index contributed by atoms with van der Waals surface area (Å²) >= 11 is 11.7. The van der Waals surface area contributed by atoms with Crippen LogP contribution >= 0.6 is 23.2 Å². The molecule has 0 saturated carbocycles. The molecule has 0 aliphatic rings. The van der Waals surface area contributed by atoms with Crippen LogP contribution in [0.3, 0.4) is 0 Å². The van der Waals surface area contributed by atoms with Gasteiger partial charge in [0.15, 0.2) is 0 Å². The Labute approximate surface area is 108 Å². The zero-order valence-electron chi connectivity index (χ0n) is 9.04. The maximum absolute atomic E-state index is 12.8. The van der Waals surface area contributed by atoms with Gasteiger partial charge in [0.25, 0.3) is 0 Å². The van der Waals surface area contributed by atoms with Gasteiger partial charge in [0.2, 0.25) is 0 Å². The second-order valence-corrected chi connectivity index (χ2v) is 4.33. The fourth-order valence-corrected chi connectivity index (χ4v) is 1.78. The molecule has 90 valence electrons. The van der Waals surface area contributed by atoms with E-state index < -0.39 is 0 Å². The topological polar surface area (TPSA) is 29.9 Å². The van der Waals surface area contributed by atoms with Crippen LogP contribution in [-0.4, -0.2) is 9.55 Å². The molecule has 17 heavy (non-hydrogen) atoms. The Morgan fingerprint density at radius 3 is 2.76 bits per heavy atom. The van der Waals surface area contributed by atoms with Crippen LogP contribution < -0.4 is 5.32 Å². The lowest BCUT2D eigenvalue weighted by Crippen LogP contribution is -2.06. The highest BCUT2D eigenvalue weighted by Crippen LogP contribution is 2.23. The number of hydrogen-bond acceptors (Lipinski definition) is 2. The lowest BCUT2D eigenvalue weighted by molar-refractivity contribution is 0.628. The highest BCUT2D eigenvalue weighted by molar-refractivity contribution is 6.33. The molecule has 0 radical (unpaired) electrons. The predicted octanol–water partition coefficient (Wildman–Crippen LogP) is 3.48. The summed E-state index contributed by atoms with van der Waals surface area (Å²) in [4.78, 5) is 4.13. The monoisotopic (exact) mass is 273 g/mol. The second kappa shape index (κ2) is 4.94. The molecule has 0 bridgehead atoms. The van der Waals surface area contributed by atoms with Gasteiger partial charge >= 0.3 is 0 Å². The SMILES string of the molecule is Cn1c(Cl)cnc1CNc1ccc(F)cc1Cl. The molecule has 2 aromatic rings. The molecular weight excluding hydrogens is 264 g/mol. The third-order valence-electron chi connectivity index (χ3n) is 2.40. The third kappa shape index (κ3) is 2.70. The van der Waals surface area contributed by atoms with Crippen molar-refractivity contribution in [2.75, 3.05) is 5.32 Å². The first kappa shape index (κ1) is 12.2. The van der Waals surface area contributed by atoms with E-state index in [0.717, 1.165) is 5.82 Å². The maximum Gasteiger partial charge on any atom is 0.128 e. The number of nitrogens with one attached hydrogen (secondary N) is 1. The number of imidazole rings is 1. The number of rotatable bonds is 3. The Morgan fingerprint density at radius 2 is 2.18 bits per heavy atom. The van der Waals surface area contributed by atoms with E-state index in [2.05, 4.69) is 10.3 Å². The molecular formula is C11H10Cl2FN3. The van der Waals surface area contributed by atoms with Gasteiger partial charge in [0.05, 0.1) is 23.5 Å². The number of aromatic nitrogens is 2. The molecule has 0 spiro atoms. The highest BCUT2D eigenvalue weighted by atomic mass is 35.5. The molecule has 1 heterocycles. The Bertz CT molecular complexity index is 540. The van der Waals surface area contributed by atoms with Crippen LogP contribution in [0.5, 0.6) is 0 Å². The largest absolute Gasteiger partial charge is 0.377 e. The Kier molecular flexibility index (Phi) is 3.54. The normalized spacial score (nSPS) is 10.6. The van der Waals surface area contributed by atoms with Crippen LogP contribution in [0.15, 0.2) is 24.4 Å². The fraction of sp³-hybridized carbons (Fsp3) is 0.182. The smallest absolute Gasteiger partial charge is 0.128 e. The standard InChI is InChI=1S/C11H10Cl2FN3/c1-17-10(13)5-16-11(17)6-15-9-3-2-7(14)4-8(9)12/h2-5,15H,6H2,1H3. The fourth-order valence-electron chi connectivity index (χ4n) is 1.40. The minimum Gasteiger partial charge on any atom is -0.377 e. The molecule has 0 unspecified atom stereocenters. The van der Waals surface area contributed by atoms with E-state index in [1.54, 1.807) is 16.8 Å². The first-order chi connectivity index (χ1) is 8.08. The van der Waals surface area contributed by atoms with Crippen LogP contribution in [0.2, 0.25) is 10.2 Å². The van der Waals surface area contributed by atoms with Gasteiger partial charge in [-0.15, -0.1) is 0 Å². The summed E-state index contributed by atoms with van der Waals surface area (Å²) in [6.45, 7) is 0.467. The van der Waals surface area contributed by atoms with E-state index in [0.29, 0.717) is 22.4 Å². The summed E-state index contributed by atoms with van der Waals surface area (Å²) in [7, 11) is 1.82. The van der Waals surface area contributed by atoms with E-state index >= 15 is 0 Å². The average Bonchev–Trinajstić information content (AvgIpc) is 2.59. The van der Waals surface area contributed by atoms with Crippen molar-refractivity contribution in [3.05, 3.63) is 46.2 Å². The lowest BCUT2D eigenvalue weighted by atomic mass is 10.3. The molecule has 1 N–H and O–H groups in total. The molecule has 1 aromatic carbocycles. The summed E-state index contributed by atoms with van der Waals surface area (Å²) in [5.74, 6) is 0.413. The number of anilines is 1. The van der Waals surface area contributed by atoms with E-state index in [-0.39, 0.29) is 5.82 Å². The molecule has 3 nitrogen and oxygen atoms in total. The van der Waals surface area contributed by atoms with Crippen LogP contribution in [0.25, 0.3) is 0 Å². The van der Waals surface area contributed by atoms with Crippen LogP contribution in [0, 0.1) is 5.82 Å². The van der Waals surface area contributed by atoms with E-state index in [1.807, 2.05) is 7.05 Å². The molecule has 0 aliphatic carbocycles. The number of hydrogen-bond donors (Lipinski definition) is 1. The molecule has 2 rings (SSSR count). The van der Waals surface area contributed by atoms with Gasteiger partial charge in [-0.05, 0) is 18.2 Å². The van der Waals surface area contributed by atoms with Gasteiger partial charge in [-0.2, -0.15) is 0 Å². The third-order valence-corrected chi connectivity index (χ3v) is 3.06. The molecule has 0 atom stereocenters. The Balaban J connectivity index is 2.10. The van der Waals surface area contributed by atoms with Gasteiger partial charge < -0.3 is 9.88 Å². The quantitative estimate of drug-likeness (QED) is 0.928. The minimum atomic E-state index is -0.361. The summed E-state index contributed by atoms with van der Waals surface area (Å²) in [6, 6.07) is 4.19. The van der Waals surface area contributed by atoms with Crippen LogP contribution in [0.1, 0.15) is 5.82 Å². The maximum atomic E-state index is 12.8. The van der Waals surface area contributed by atoms with Gasteiger partial charge in [-0.25, -0.2) is 9.37 Å². The van der Waals surface area contributed by atoms with E-state index in [4.69, 9.17) is 23.2 Å². The Hall–Kier alpha value is -1.26. The van der Waals surface area contributed by atoms with Crippen molar-refractivity contribution in [1.82, 2.24) is 9.55 Å². The summed E-state index contributed by atoms with van der Waals surface area (Å²) < 4.78 is 14.6. The van der Waals surface area contributed by atoms with Crippen molar-refractivity contribution in [2.24, 2.45) is 7.05 Å². The average molecular weight is 274 g/mol. The zero-order chi connectivity index (χ0) is 12.4. The number of nitrogens with zero attached hydrogens (tertiary/aromatic N) is 2. The van der Waals surface area contributed by atoms with E-state index in [9.17, 15) is 4.39 Å². The van der Waals surface area contributed by atoms with Crippen molar-refractivity contribution in [3.63, 3.8) is 0 Å². The molecule has 0 saturated heterocycles. The first-order valence-corrected chi connectivity index (χ1v) is 5.68. The number of halogens is 3. The number of benzene rings is 1. The second-order valence-electron chi connectivity index (χ2n) is 3.53. The molecule has 0 aliphatic heterocycles. The molecule has 1 aromatic heterocycles. The van der Waals surface area contributed by atoms with Crippen molar-refractivity contribution < 1.29 is 4.39 Å². The van der Waals surface area contributed by atoms with Gasteiger partial charge in [-0.3, -0.25) is 0 Å². The molecule has 0 amide bonds. The van der Waals surface area contributed by atoms with Crippen molar-refractivity contribution >= 4 is 28.9 Å². The summed E-state index contributed by atoms with van der Waals surface area (Å²) in [6.07, 6.45) is 1.57. The van der Waals surface area contributed by atoms with Crippen LogP contribution in [-0.2, 0) is 13.6 Å². The van der Waals surface area contributed by atoms with Crippen LogP contribution in [0.4, 0.5) is 10.1 Å². The molecule has 0 fully saturated rings.